The van der Waals surface area contributed by atoms with Crippen LogP contribution in [-0.4, -0.2) is 15.5 Å². The number of furan rings is 1. The zero-order valence-corrected chi connectivity index (χ0v) is 15.2. The molecule has 2 aromatic carbocycles. The van der Waals surface area contributed by atoms with E-state index in [-0.39, 0.29) is 5.91 Å². The summed E-state index contributed by atoms with van der Waals surface area (Å²) in [6.07, 6.45) is 8.73. The van der Waals surface area contributed by atoms with Crippen LogP contribution in [0.4, 0.5) is 0 Å². The fourth-order valence-electron chi connectivity index (χ4n) is 2.89. The van der Waals surface area contributed by atoms with Gasteiger partial charge < -0.3 is 14.3 Å². The van der Waals surface area contributed by atoms with Gasteiger partial charge >= 0.3 is 0 Å². The average molecular weight is 369 g/mol. The number of rotatable bonds is 6. The smallest absolute Gasteiger partial charge is 0.252 e. The van der Waals surface area contributed by atoms with E-state index in [4.69, 9.17) is 4.42 Å². The number of hydrogen-bond acceptors (Lipinski definition) is 3. The minimum absolute atomic E-state index is 0.152. The van der Waals surface area contributed by atoms with Gasteiger partial charge in [0.1, 0.15) is 5.76 Å². The molecule has 0 bridgehead atoms. The summed E-state index contributed by atoms with van der Waals surface area (Å²) in [5.41, 5.74) is 3.44. The molecule has 0 aliphatic rings. The van der Waals surface area contributed by atoms with Gasteiger partial charge in [-0.2, -0.15) is 0 Å². The van der Waals surface area contributed by atoms with Crippen molar-refractivity contribution < 1.29 is 9.21 Å². The molecule has 0 atom stereocenters. The molecule has 4 aromatic rings. The van der Waals surface area contributed by atoms with E-state index in [1.54, 1.807) is 30.9 Å². The Kier molecular flexibility index (Phi) is 5.15. The molecule has 0 aliphatic heterocycles. The third kappa shape index (κ3) is 4.10. The van der Waals surface area contributed by atoms with E-state index in [0.29, 0.717) is 17.9 Å². The van der Waals surface area contributed by atoms with Crippen LogP contribution in [0.15, 0.2) is 96.1 Å². The largest absolute Gasteiger partial charge is 0.465 e. The Morgan fingerprint density at radius 2 is 1.86 bits per heavy atom. The van der Waals surface area contributed by atoms with Crippen molar-refractivity contribution in [3.8, 4) is 5.69 Å². The summed E-state index contributed by atoms with van der Waals surface area (Å²) in [5, 5.41) is 3.00. The Hall–Kier alpha value is -3.86. The maximum Gasteiger partial charge on any atom is 0.252 e. The summed E-state index contributed by atoms with van der Waals surface area (Å²) in [6, 6.07) is 21.2. The summed E-state index contributed by atoms with van der Waals surface area (Å²) in [5.74, 6) is 0.486. The van der Waals surface area contributed by atoms with Gasteiger partial charge in [0.2, 0.25) is 0 Å². The highest BCUT2D eigenvalue weighted by molar-refractivity contribution is 6.23. The van der Waals surface area contributed by atoms with Crippen LogP contribution in [0, 0.1) is 0 Å². The van der Waals surface area contributed by atoms with Crippen molar-refractivity contribution in [2.24, 2.45) is 0 Å². The molecular weight excluding hydrogens is 350 g/mol. The lowest BCUT2D eigenvalue weighted by Gasteiger charge is -2.10. The van der Waals surface area contributed by atoms with Gasteiger partial charge in [0, 0.05) is 24.6 Å². The molecule has 1 amide bonds. The minimum atomic E-state index is -0.152. The molecule has 0 spiro atoms. The van der Waals surface area contributed by atoms with Crippen molar-refractivity contribution in [3.63, 3.8) is 0 Å². The van der Waals surface area contributed by atoms with Gasteiger partial charge in [-0.15, -0.1) is 0 Å². The van der Waals surface area contributed by atoms with Gasteiger partial charge in [0.05, 0.1) is 18.2 Å². The van der Waals surface area contributed by atoms with Crippen LogP contribution in [0.2, 0.25) is 0 Å². The fraction of sp³-hybridized carbons (Fsp3) is 0.0435. The van der Waals surface area contributed by atoms with Gasteiger partial charge in [-0.05, 0) is 41.5 Å². The van der Waals surface area contributed by atoms with Gasteiger partial charge in [0.25, 0.3) is 5.91 Å². The van der Waals surface area contributed by atoms with E-state index in [1.807, 2.05) is 71.4 Å². The molecule has 0 radical (unpaired) electrons. The summed E-state index contributed by atoms with van der Waals surface area (Å²) >= 11 is 0. The minimum Gasteiger partial charge on any atom is -0.465 e. The van der Waals surface area contributed by atoms with Gasteiger partial charge in [0.15, 0.2) is 0 Å². The first kappa shape index (κ1) is 17.5. The third-order valence-electron chi connectivity index (χ3n) is 4.35. The highest BCUT2D eigenvalue weighted by atomic mass is 16.3. The number of amides is 1. The van der Waals surface area contributed by atoms with E-state index in [9.17, 15) is 4.79 Å². The van der Waals surface area contributed by atoms with E-state index in [2.05, 4.69) is 10.3 Å². The second-order valence-electron chi connectivity index (χ2n) is 6.26. The highest BCUT2D eigenvalue weighted by Crippen LogP contribution is 2.19. The predicted molar refractivity (Wildman–Crippen MR) is 108 cm³/mol. The number of benzene rings is 2. The monoisotopic (exact) mass is 369 g/mol. The molecule has 2 aromatic heterocycles. The van der Waals surface area contributed by atoms with E-state index in [0.717, 1.165) is 16.8 Å². The Balaban J connectivity index is 1.49. The Morgan fingerprint density at radius 1 is 1.04 bits per heavy atom. The average Bonchev–Trinajstić information content (AvgIpc) is 3.45. The molecule has 5 nitrogen and oxygen atoms in total. The molecular formula is C23H19N3O2. The second-order valence-corrected chi connectivity index (χ2v) is 6.26. The number of carbonyl (C=O) groups is 1. The van der Waals surface area contributed by atoms with Crippen LogP contribution >= 0.6 is 0 Å². The molecule has 4 rings (SSSR count). The van der Waals surface area contributed by atoms with Gasteiger partial charge in [-0.25, -0.2) is 4.98 Å². The molecule has 0 saturated heterocycles. The quantitative estimate of drug-likeness (QED) is 0.515. The zero-order chi connectivity index (χ0) is 19.2. The maximum absolute atomic E-state index is 12.9. The molecule has 1 N–H and O–H groups in total. The Labute approximate surface area is 163 Å². The van der Waals surface area contributed by atoms with Crippen molar-refractivity contribution in [2.75, 3.05) is 0 Å². The van der Waals surface area contributed by atoms with Crippen LogP contribution < -0.4 is 5.32 Å². The van der Waals surface area contributed by atoms with Crippen molar-refractivity contribution in [3.05, 3.63) is 109 Å². The number of carbonyl (C=O) groups excluding carboxylic acids is 1. The van der Waals surface area contributed by atoms with Crippen molar-refractivity contribution in [1.29, 1.82) is 0 Å². The topological polar surface area (TPSA) is 60.1 Å². The van der Waals surface area contributed by atoms with Gasteiger partial charge in [-0.3, -0.25) is 4.79 Å². The van der Waals surface area contributed by atoms with Crippen molar-refractivity contribution >= 4 is 17.6 Å². The number of hydrogen-bond donors (Lipinski definition) is 1. The third-order valence-corrected chi connectivity index (χ3v) is 4.35. The molecule has 28 heavy (non-hydrogen) atoms. The molecule has 0 saturated carbocycles. The normalized spacial score (nSPS) is 11.4. The highest BCUT2D eigenvalue weighted by Gasteiger charge is 2.12. The maximum atomic E-state index is 12.9. The fourth-order valence-corrected chi connectivity index (χ4v) is 2.89. The zero-order valence-electron chi connectivity index (χ0n) is 15.2. The second kappa shape index (κ2) is 8.22. The summed E-state index contributed by atoms with van der Waals surface area (Å²) < 4.78 is 7.32. The molecule has 138 valence electrons. The van der Waals surface area contributed by atoms with Crippen LogP contribution in [0.1, 0.15) is 16.9 Å². The van der Waals surface area contributed by atoms with Crippen LogP contribution in [0.3, 0.4) is 0 Å². The summed E-state index contributed by atoms with van der Waals surface area (Å²) in [4.78, 5) is 16.9. The number of nitrogens with one attached hydrogen (secondary N) is 1. The molecule has 0 fully saturated rings. The van der Waals surface area contributed by atoms with E-state index < -0.39 is 0 Å². The van der Waals surface area contributed by atoms with Crippen LogP contribution in [0.5, 0.6) is 0 Å². The van der Waals surface area contributed by atoms with E-state index in [1.165, 1.54) is 0 Å². The molecule has 2 heterocycles. The Morgan fingerprint density at radius 3 is 2.54 bits per heavy atom. The standard InChI is InChI=1S/C23H19N3O2/c27-23(22(15-21-7-4-14-28-21)19-5-2-1-3-6-19)25-16-18-8-10-20(11-9-18)26-13-12-24-17-26/h1-15,17H,16H2,(H,25,27)/b22-15+. The number of aromatic nitrogens is 2. The lowest BCUT2D eigenvalue weighted by Crippen LogP contribution is -2.23. The SMILES string of the molecule is O=C(NCc1ccc(-n2ccnc2)cc1)/C(=C/c1ccco1)c1ccccc1. The lowest BCUT2D eigenvalue weighted by molar-refractivity contribution is -0.115. The van der Waals surface area contributed by atoms with Crippen LogP contribution in [0.25, 0.3) is 17.3 Å². The first-order valence-electron chi connectivity index (χ1n) is 8.96. The van der Waals surface area contributed by atoms with Crippen molar-refractivity contribution in [2.45, 2.75) is 6.54 Å². The predicted octanol–water partition coefficient (Wildman–Crippen LogP) is 4.32. The van der Waals surface area contributed by atoms with Crippen molar-refractivity contribution in [1.82, 2.24) is 14.9 Å². The first-order chi connectivity index (χ1) is 13.8. The number of nitrogens with zero attached hydrogens (tertiary/aromatic N) is 2. The van der Waals surface area contributed by atoms with Crippen LogP contribution in [-0.2, 0) is 11.3 Å². The molecule has 5 heteroatoms. The number of imidazole rings is 1. The Bertz CT molecular complexity index is 1050. The molecule has 0 aliphatic carbocycles. The van der Waals surface area contributed by atoms with Gasteiger partial charge in [-0.1, -0.05) is 42.5 Å². The first-order valence-corrected chi connectivity index (χ1v) is 8.96. The summed E-state index contributed by atoms with van der Waals surface area (Å²) in [6.45, 7) is 0.436. The molecule has 0 unspecified atom stereocenters. The summed E-state index contributed by atoms with van der Waals surface area (Å²) in [7, 11) is 0. The van der Waals surface area contributed by atoms with E-state index >= 15 is 0 Å². The lowest BCUT2D eigenvalue weighted by atomic mass is 10.0.